The van der Waals surface area contributed by atoms with Gasteiger partial charge in [0.05, 0.1) is 0 Å². The molecule has 3 heteroatoms. The standard InChI is InChI=1S/C10H16N2S/c1-8(9-3-5-13-7-9)12-4-2-10(11)6-12/h3,5,7-8,10H,2,4,6,11H2,1H3. The van der Waals surface area contributed by atoms with Gasteiger partial charge in [0.2, 0.25) is 0 Å². The average molecular weight is 196 g/mol. The van der Waals surface area contributed by atoms with Crippen molar-refractivity contribution in [2.24, 2.45) is 5.73 Å². The minimum atomic E-state index is 0.390. The van der Waals surface area contributed by atoms with Crippen molar-refractivity contribution >= 4 is 11.3 Å². The lowest BCUT2D eigenvalue weighted by Gasteiger charge is -2.23. The van der Waals surface area contributed by atoms with E-state index in [-0.39, 0.29) is 0 Å². The summed E-state index contributed by atoms with van der Waals surface area (Å²) < 4.78 is 0. The molecule has 13 heavy (non-hydrogen) atoms. The van der Waals surface area contributed by atoms with Gasteiger partial charge in [-0.15, -0.1) is 0 Å². The summed E-state index contributed by atoms with van der Waals surface area (Å²) in [5, 5.41) is 4.37. The van der Waals surface area contributed by atoms with E-state index < -0.39 is 0 Å². The number of rotatable bonds is 2. The van der Waals surface area contributed by atoms with Crippen LogP contribution in [0.2, 0.25) is 0 Å². The minimum Gasteiger partial charge on any atom is -0.326 e. The molecule has 2 atom stereocenters. The molecule has 2 nitrogen and oxygen atoms in total. The Bertz CT molecular complexity index is 258. The quantitative estimate of drug-likeness (QED) is 0.782. The van der Waals surface area contributed by atoms with Crippen molar-refractivity contribution in [3.05, 3.63) is 22.4 Å². The SMILES string of the molecule is CC(c1ccsc1)N1CCC(N)C1. The number of thiophene rings is 1. The monoisotopic (exact) mass is 196 g/mol. The predicted molar refractivity (Wildman–Crippen MR) is 56.9 cm³/mol. The van der Waals surface area contributed by atoms with Gasteiger partial charge < -0.3 is 5.73 Å². The third kappa shape index (κ3) is 1.93. The van der Waals surface area contributed by atoms with E-state index in [9.17, 15) is 0 Å². The van der Waals surface area contributed by atoms with Crippen molar-refractivity contribution in [3.63, 3.8) is 0 Å². The van der Waals surface area contributed by atoms with Crippen LogP contribution in [0.4, 0.5) is 0 Å². The Morgan fingerprint density at radius 2 is 2.54 bits per heavy atom. The molecule has 72 valence electrons. The molecule has 2 heterocycles. The minimum absolute atomic E-state index is 0.390. The second-order valence-electron chi connectivity index (χ2n) is 3.78. The molecule has 1 aliphatic rings. The topological polar surface area (TPSA) is 29.3 Å². The molecule has 1 aromatic rings. The molecule has 2 N–H and O–H groups in total. The van der Waals surface area contributed by atoms with E-state index >= 15 is 0 Å². The third-order valence-corrected chi connectivity index (χ3v) is 3.53. The van der Waals surface area contributed by atoms with E-state index in [1.807, 2.05) is 0 Å². The van der Waals surface area contributed by atoms with Gasteiger partial charge in [0.1, 0.15) is 0 Å². The summed E-state index contributed by atoms with van der Waals surface area (Å²) in [6.07, 6.45) is 1.15. The van der Waals surface area contributed by atoms with Gasteiger partial charge >= 0.3 is 0 Å². The molecule has 1 saturated heterocycles. The molecule has 0 amide bonds. The Kier molecular flexibility index (Phi) is 2.67. The molecule has 1 aromatic heterocycles. The molecule has 2 unspecified atom stereocenters. The van der Waals surface area contributed by atoms with Crippen LogP contribution < -0.4 is 5.73 Å². The highest BCUT2D eigenvalue weighted by molar-refractivity contribution is 7.07. The van der Waals surface area contributed by atoms with Crippen LogP contribution in [0, 0.1) is 0 Å². The van der Waals surface area contributed by atoms with Gasteiger partial charge in [0, 0.05) is 25.2 Å². The molecule has 0 aliphatic carbocycles. The fourth-order valence-corrected chi connectivity index (χ4v) is 2.64. The lowest BCUT2D eigenvalue weighted by atomic mass is 10.1. The maximum Gasteiger partial charge on any atom is 0.0328 e. The van der Waals surface area contributed by atoms with E-state index in [0.29, 0.717) is 12.1 Å². The first-order valence-electron chi connectivity index (χ1n) is 4.79. The summed E-state index contributed by atoms with van der Waals surface area (Å²) in [6, 6.07) is 3.14. The Hall–Kier alpha value is -0.380. The van der Waals surface area contributed by atoms with Crippen LogP contribution >= 0.6 is 11.3 Å². The first kappa shape index (κ1) is 9.19. The van der Waals surface area contributed by atoms with Crippen LogP contribution in [0.25, 0.3) is 0 Å². The van der Waals surface area contributed by atoms with Gasteiger partial charge in [0.15, 0.2) is 0 Å². The average Bonchev–Trinajstić information content (AvgIpc) is 2.72. The molecule has 0 saturated carbocycles. The molecular weight excluding hydrogens is 180 g/mol. The van der Waals surface area contributed by atoms with Gasteiger partial charge in [-0.1, -0.05) is 0 Å². The number of nitrogens with zero attached hydrogens (tertiary/aromatic N) is 1. The maximum absolute atomic E-state index is 5.88. The zero-order valence-electron chi connectivity index (χ0n) is 7.94. The maximum atomic E-state index is 5.88. The summed E-state index contributed by atoms with van der Waals surface area (Å²) in [4.78, 5) is 2.46. The number of likely N-dealkylation sites (tertiary alicyclic amines) is 1. The second kappa shape index (κ2) is 3.78. The predicted octanol–water partition coefficient (Wildman–Crippen LogP) is 1.84. The van der Waals surface area contributed by atoms with Crippen molar-refractivity contribution in [2.45, 2.75) is 25.4 Å². The lowest BCUT2D eigenvalue weighted by molar-refractivity contribution is 0.260. The number of hydrogen-bond acceptors (Lipinski definition) is 3. The summed E-state index contributed by atoms with van der Waals surface area (Å²) in [7, 11) is 0. The highest BCUT2D eigenvalue weighted by Gasteiger charge is 2.24. The summed E-state index contributed by atoms with van der Waals surface area (Å²) >= 11 is 1.77. The van der Waals surface area contributed by atoms with Crippen LogP contribution in [-0.4, -0.2) is 24.0 Å². The third-order valence-electron chi connectivity index (χ3n) is 2.83. The second-order valence-corrected chi connectivity index (χ2v) is 4.56. The zero-order valence-corrected chi connectivity index (χ0v) is 8.76. The van der Waals surface area contributed by atoms with Crippen molar-refractivity contribution < 1.29 is 0 Å². The first-order chi connectivity index (χ1) is 6.27. The lowest BCUT2D eigenvalue weighted by Crippen LogP contribution is -2.28. The van der Waals surface area contributed by atoms with E-state index in [4.69, 9.17) is 5.73 Å². The van der Waals surface area contributed by atoms with Crippen molar-refractivity contribution in [1.29, 1.82) is 0 Å². The molecule has 0 radical (unpaired) electrons. The molecule has 0 bridgehead atoms. The highest BCUT2D eigenvalue weighted by atomic mass is 32.1. The van der Waals surface area contributed by atoms with Crippen LogP contribution in [0.1, 0.15) is 24.9 Å². The molecule has 1 aliphatic heterocycles. The van der Waals surface area contributed by atoms with Gasteiger partial charge in [0.25, 0.3) is 0 Å². The highest BCUT2D eigenvalue weighted by Crippen LogP contribution is 2.25. The Morgan fingerprint density at radius 1 is 1.69 bits per heavy atom. The van der Waals surface area contributed by atoms with Crippen molar-refractivity contribution in [3.8, 4) is 0 Å². The Balaban J connectivity index is 2.02. The molecular formula is C10H16N2S. The number of nitrogens with two attached hydrogens (primary N) is 1. The van der Waals surface area contributed by atoms with Gasteiger partial charge in [-0.05, 0) is 35.7 Å². The van der Waals surface area contributed by atoms with Crippen LogP contribution in [0.5, 0.6) is 0 Å². The van der Waals surface area contributed by atoms with Crippen LogP contribution in [0.3, 0.4) is 0 Å². The fraction of sp³-hybridized carbons (Fsp3) is 0.600. The Morgan fingerprint density at radius 3 is 3.08 bits per heavy atom. The summed E-state index contributed by atoms with van der Waals surface area (Å²) in [5.74, 6) is 0. The largest absolute Gasteiger partial charge is 0.326 e. The molecule has 0 spiro atoms. The zero-order chi connectivity index (χ0) is 9.26. The molecule has 0 aromatic carbocycles. The van der Waals surface area contributed by atoms with Crippen LogP contribution in [-0.2, 0) is 0 Å². The van der Waals surface area contributed by atoms with Gasteiger partial charge in [-0.25, -0.2) is 0 Å². The van der Waals surface area contributed by atoms with Gasteiger partial charge in [-0.3, -0.25) is 4.90 Å². The van der Waals surface area contributed by atoms with E-state index in [2.05, 4.69) is 28.7 Å². The molecule has 2 rings (SSSR count). The summed E-state index contributed by atoms with van der Waals surface area (Å²) in [6.45, 7) is 4.47. The molecule has 1 fully saturated rings. The normalized spacial score (nSPS) is 26.5. The smallest absolute Gasteiger partial charge is 0.0328 e. The first-order valence-corrected chi connectivity index (χ1v) is 5.73. The van der Waals surface area contributed by atoms with E-state index in [1.165, 1.54) is 5.56 Å². The van der Waals surface area contributed by atoms with E-state index in [1.54, 1.807) is 11.3 Å². The van der Waals surface area contributed by atoms with E-state index in [0.717, 1.165) is 19.5 Å². The van der Waals surface area contributed by atoms with Gasteiger partial charge in [-0.2, -0.15) is 11.3 Å². The van der Waals surface area contributed by atoms with Crippen molar-refractivity contribution in [2.75, 3.05) is 13.1 Å². The fourth-order valence-electron chi connectivity index (χ4n) is 1.89. The van der Waals surface area contributed by atoms with Crippen molar-refractivity contribution in [1.82, 2.24) is 4.90 Å². The van der Waals surface area contributed by atoms with Crippen LogP contribution in [0.15, 0.2) is 16.8 Å². The summed E-state index contributed by atoms with van der Waals surface area (Å²) in [5.41, 5.74) is 7.31. The number of hydrogen-bond donors (Lipinski definition) is 1. The Labute approximate surface area is 83.4 Å².